The largest absolute Gasteiger partial charge is 0.456 e. The van der Waals surface area contributed by atoms with E-state index in [1.807, 2.05) is 17.4 Å². The van der Waals surface area contributed by atoms with Crippen LogP contribution in [0.15, 0.2) is 148 Å². The minimum atomic E-state index is -0.194. The fourth-order valence-corrected chi connectivity index (χ4v) is 13.3. The Morgan fingerprint density at radius 1 is 0.708 bits per heavy atom. The number of benzene rings is 8. The van der Waals surface area contributed by atoms with Crippen molar-refractivity contribution in [3.05, 3.63) is 156 Å². The summed E-state index contributed by atoms with van der Waals surface area (Å²) in [6.07, 6.45) is 3.54. The van der Waals surface area contributed by atoms with Crippen LogP contribution in [0, 0.1) is 0 Å². The molecule has 1 atom stereocenters. The molecule has 7 heteroatoms. The van der Waals surface area contributed by atoms with Crippen LogP contribution in [0.3, 0.4) is 0 Å². The molecule has 0 saturated carbocycles. The van der Waals surface area contributed by atoms with E-state index in [0.717, 1.165) is 56.4 Å². The average molecular weight is 856 g/mol. The van der Waals surface area contributed by atoms with Crippen LogP contribution >= 0.6 is 11.3 Å². The maximum absolute atomic E-state index is 6.78. The van der Waals surface area contributed by atoms with E-state index in [0.29, 0.717) is 11.8 Å². The number of nitrogens with zero attached hydrogens (tertiary/aromatic N) is 3. The number of rotatable bonds is 2. The average Bonchev–Trinajstić information content (AvgIpc) is 4.10. The lowest BCUT2D eigenvalue weighted by Gasteiger charge is -2.42. The third-order valence-corrected chi connectivity index (χ3v) is 16.3. The van der Waals surface area contributed by atoms with Gasteiger partial charge in [0.1, 0.15) is 16.7 Å². The highest BCUT2D eigenvalue weighted by Gasteiger charge is 2.46. The van der Waals surface area contributed by atoms with E-state index < -0.39 is 0 Å². The number of para-hydroxylation sites is 1. The Hall–Kier alpha value is -7.09. The topological polar surface area (TPSA) is 47.3 Å². The molecule has 2 aliphatic heterocycles. The van der Waals surface area contributed by atoms with Gasteiger partial charge in [-0.3, -0.25) is 0 Å². The first-order chi connectivity index (χ1) is 31.8. The highest BCUT2D eigenvalue weighted by molar-refractivity contribution is 7.27. The van der Waals surface area contributed by atoms with Gasteiger partial charge in [-0.05, 0) is 131 Å². The van der Waals surface area contributed by atoms with Crippen LogP contribution in [0.4, 0.5) is 11.4 Å². The Kier molecular flexibility index (Phi) is 7.02. The first-order valence-corrected chi connectivity index (χ1v) is 23.9. The number of aromatic nitrogens is 2. The highest BCUT2D eigenvalue weighted by Crippen LogP contribution is 2.54. The normalized spacial score (nSPS) is 15.6. The highest BCUT2D eigenvalue weighted by atomic mass is 32.1. The van der Waals surface area contributed by atoms with Crippen LogP contribution in [0.5, 0.6) is 0 Å². The van der Waals surface area contributed by atoms with E-state index in [-0.39, 0.29) is 12.3 Å². The second kappa shape index (κ2) is 12.6. The van der Waals surface area contributed by atoms with Crippen LogP contribution in [0.1, 0.15) is 63.1 Å². The molecule has 65 heavy (non-hydrogen) atoms. The van der Waals surface area contributed by atoms with Crippen molar-refractivity contribution in [3.8, 4) is 28.3 Å². The van der Waals surface area contributed by atoms with Crippen molar-refractivity contribution in [2.75, 3.05) is 4.81 Å². The molecule has 0 saturated heterocycles. The predicted octanol–water partition coefficient (Wildman–Crippen LogP) is 14.8. The minimum absolute atomic E-state index is 0.00857. The molecule has 4 aromatic heterocycles. The van der Waals surface area contributed by atoms with Crippen molar-refractivity contribution in [3.63, 3.8) is 0 Å². The van der Waals surface area contributed by atoms with Gasteiger partial charge < -0.3 is 18.2 Å². The van der Waals surface area contributed by atoms with Gasteiger partial charge in [-0.25, -0.2) is 4.98 Å². The van der Waals surface area contributed by atoms with Crippen molar-refractivity contribution < 1.29 is 8.83 Å². The Morgan fingerprint density at radius 3 is 2.35 bits per heavy atom. The van der Waals surface area contributed by atoms with Crippen LogP contribution in [0.25, 0.3) is 103 Å². The number of thiophene rings is 1. The zero-order chi connectivity index (χ0) is 43.0. The molecule has 0 bridgehead atoms. The molecule has 1 aliphatic carbocycles. The second-order valence-electron chi connectivity index (χ2n) is 19.8. The van der Waals surface area contributed by atoms with Gasteiger partial charge in [-0.2, -0.15) is 0 Å². The molecule has 0 spiro atoms. The van der Waals surface area contributed by atoms with Gasteiger partial charge in [-0.1, -0.05) is 94.4 Å². The van der Waals surface area contributed by atoms with Crippen molar-refractivity contribution >= 4 is 116 Å². The molecule has 0 radical (unpaired) electrons. The number of furan rings is 1. The molecule has 1 unspecified atom stereocenters. The van der Waals surface area contributed by atoms with Crippen LogP contribution in [-0.4, -0.2) is 16.4 Å². The molecule has 15 rings (SSSR count). The summed E-state index contributed by atoms with van der Waals surface area (Å²) >= 11 is 1.94. The number of hydrogen-bond donors (Lipinski definition) is 0. The molecule has 0 amide bonds. The Bertz CT molecular complexity index is 4050. The van der Waals surface area contributed by atoms with Gasteiger partial charge in [0.25, 0.3) is 0 Å². The van der Waals surface area contributed by atoms with Crippen molar-refractivity contribution in [2.24, 2.45) is 0 Å². The summed E-state index contributed by atoms with van der Waals surface area (Å²) in [6, 6.07) is 51.8. The van der Waals surface area contributed by atoms with Crippen molar-refractivity contribution in [2.45, 2.75) is 58.3 Å². The third kappa shape index (κ3) is 4.81. The first-order valence-electron chi connectivity index (χ1n) is 23.1. The van der Waals surface area contributed by atoms with E-state index in [1.54, 1.807) is 0 Å². The van der Waals surface area contributed by atoms with Crippen molar-refractivity contribution in [1.29, 1.82) is 0 Å². The van der Waals surface area contributed by atoms with Gasteiger partial charge in [0.2, 0.25) is 5.89 Å². The number of aryl methyl sites for hydroxylation is 1. The zero-order valence-electron chi connectivity index (χ0n) is 36.6. The van der Waals surface area contributed by atoms with Gasteiger partial charge in [0, 0.05) is 76.0 Å². The molecule has 12 aromatic rings. The molecular formula is C58H42BN3O2S. The lowest BCUT2D eigenvalue weighted by molar-refractivity contribution is 0.590. The summed E-state index contributed by atoms with van der Waals surface area (Å²) in [4.78, 5) is 7.89. The van der Waals surface area contributed by atoms with Gasteiger partial charge in [-0.15, -0.1) is 11.3 Å². The summed E-state index contributed by atoms with van der Waals surface area (Å²) in [5.41, 5.74) is 19.8. The van der Waals surface area contributed by atoms with E-state index in [2.05, 4.69) is 171 Å². The van der Waals surface area contributed by atoms with Crippen molar-refractivity contribution in [1.82, 2.24) is 9.55 Å². The van der Waals surface area contributed by atoms with Gasteiger partial charge in [0.15, 0.2) is 5.58 Å². The first kappa shape index (κ1) is 36.3. The Balaban J connectivity index is 1.17. The summed E-state index contributed by atoms with van der Waals surface area (Å²) in [5.74, 6) is 1.15. The molecule has 6 heterocycles. The lowest BCUT2D eigenvalue weighted by atomic mass is 9.43. The molecule has 8 aromatic carbocycles. The smallest absolute Gasteiger partial charge is 0.333 e. The maximum atomic E-state index is 6.78. The molecule has 310 valence electrons. The molecule has 3 aliphatic rings. The quantitative estimate of drug-likeness (QED) is 0.163. The van der Waals surface area contributed by atoms with E-state index >= 15 is 0 Å². The molecular weight excluding hydrogens is 814 g/mol. The SMILES string of the molecule is CC1CCCc2cc3c(cc21)c1c2sc4ccccc4c2c2c4c1n3-c1cc3oc(-c5ccccc5)nc3cc1B4N(c1ccc(C(C)(C)C)cc1)c1cc3c(cc1-2)oc1ccccc13. The fourth-order valence-electron chi connectivity index (χ4n) is 12.1. The molecule has 0 fully saturated rings. The summed E-state index contributed by atoms with van der Waals surface area (Å²) in [7, 11) is 0. The van der Waals surface area contributed by atoms with E-state index in [9.17, 15) is 0 Å². The second-order valence-corrected chi connectivity index (χ2v) is 20.9. The summed E-state index contributed by atoms with van der Waals surface area (Å²) in [5, 5.41) is 7.57. The number of oxazole rings is 1. The predicted molar refractivity (Wildman–Crippen MR) is 273 cm³/mol. The maximum Gasteiger partial charge on any atom is 0.333 e. The molecule has 0 N–H and O–H groups in total. The Morgan fingerprint density at radius 2 is 1.51 bits per heavy atom. The third-order valence-electron chi connectivity index (χ3n) is 15.1. The standard InChI is InChI=1S/C58H42BN3O2S/c1-31-13-12-16-33-25-44-40(26-38(31)33)53-55-54-51(52-37-18-9-11-20-50(37)65-56(52)53)41-28-48-39(36-17-8-10-19-47(36)63-48)27-45(41)62(35-23-21-34(22-24-35)58(2,3)4)59(54)42-29-43-49(30-46(42)61(44)55)64-57(60-43)32-14-6-5-7-15-32/h5-11,14-15,17-31H,12-13,16H2,1-4H3. The van der Waals surface area contributed by atoms with Crippen LogP contribution in [0.2, 0.25) is 0 Å². The van der Waals surface area contributed by atoms with Crippen LogP contribution in [-0.2, 0) is 11.8 Å². The molecule has 5 nitrogen and oxygen atoms in total. The number of hydrogen-bond acceptors (Lipinski definition) is 5. The lowest BCUT2D eigenvalue weighted by Crippen LogP contribution is -2.60. The van der Waals surface area contributed by atoms with Gasteiger partial charge >= 0.3 is 6.85 Å². The van der Waals surface area contributed by atoms with Gasteiger partial charge in [0.05, 0.1) is 11.0 Å². The Labute approximate surface area is 379 Å². The monoisotopic (exact) mass is 855 g/mol. The summed E-state index contributed by atoms with van der Waals surface area (Å²) in [6.45, 7) is 9.12. The minimum Gasteiger partial charge on any atom is -0.456 e. The summed E-state index contributed by atoms with van der Waals surface area (Å²) < 4.78 is 18.8. The van der Waals surface area contributed by atoms with E-state index in [1.165, 1.54) is 99.3 Å². The van der Waals surface area contributed by atoms with E-state index in [4.69, 9.17) is 13.8 Å². The fraction of sp³-hybridized carbons (Fsp3) is 0.155. The zero-order valence-corrected chi connectivity index (χ0v) is 37.4. The number of anilines is 2. The van der Waals surface area contributed by atoms with Crippen LogP contribution < -0.4 is 15.7 Å². The number of fused-ring (bicyclic) bond motifs is 18.